The Kier molecular flexibility index (Phi) is 4.63. The molecule has 6 nitrogen and oxygen atoms in total. The molecular weight excluding hydrogens is 318 g/mol. The molecule has 0 bridgehead atoms. The minimum Gasteiger partial charge on any atom is -0.459 e. The molecule has 134 valence electrons. The normalized spacial score (nSPS) is 23.6. The molecule has 2 aliphatic rings. The van der Waals surface area contributed by atoms with Crippen LogP contribution >= 0.6 is 0 Å². The topological polar surface area (TPSA) is 58.0 Å². The number of nitrogens with one attached hydrogen (secondary N) is 1. The predicted molar refractivity (Wildman–Crippen MR) is 95.4 cm³/mol. The second kappa shape index (κ2) is 7.06. The Bertz CT molecular complexity index is 711. The number of morpholine rings is 1. The first-order valence-corrected chi connectivity index (χ1v) is 9.01. The number of amides is 2. The van der Waals surface area contributed by atoms with Gasteiger partial charge in [-0.1, -0.05) is 18.2 Å². The zero-order valence-electron chi connectivity index (χ0n) is 14.6. The van der Waals surface area contributed by atoms with E-state index in [1.165, 1.54) is 12.8 Å². The second-order valence-corrected chi connectivity index (χ2v) is 7.04. The fourth-order valence-electron chi connectivity index (χ4n) is 3.77. The third kappa shape index (κ3) is 3.65. The van der Waals surface area contributed by atoms with Crippen LogP contribution in [0.2, 0.25) is 0 Å². The Morgan fingerprint density at radius 1 is 1.40 bits per heavy atom. The smallest absolute Gasteiger partial charge is 0.317 e. The molecular formula is C19H25N3O3. The maximum Gasteiger partial charge on any atom is 0.317 e. The summed E-state index contributed by atoms with van der Waals surface area (Å²) in [4.78, 5) is 16.5. The van der Waals surface area contributed by atoms with E-state index in [1.807, 2.05) is 30.3 Å². The lowest BCUT2D eigenvalue weighted by molar-refractivity contribution is -0.0460. The summed E-state index contributed by atoms with van der Waals surface area (Å²) >= 11 is 0. The Morgan fingerprint density at radius 3 is 3.16 bits per heavy atom. The van der Waals surface area contributed by atoms with E-state index in [0.29, 0.717) is 19.1 Å². The quantitative estimate of drug-likeness (QED) is 0.926. The molecule has 6 heteroatoms. The van der Waals surface area contributed by atoms with Gasteiger partial charge in [0.15, 0.2) is 0 Å². The Labute approximate surface area is 147 Å². The highest BCUT2D eigenvalue weighted by Gasteiger charge is 2.32. The van der Waals surface area contributed by atoms with E-state index >= 15 is 0 Å². The average molecular weight is 343 g/mol. The summed E-state index contributed by atoms with van der Waals surface area (Å²) in [6, 6.07) is 10.3. The number of fused-ring (bicyclic) bond motifs is 2. The lowest BCUT2D eigenvalue weighted by Gasteiger charge is -2.35. The van der Waals surface area contributed by atoms with Gasteiger partial charge in [0.25, 0.3) is 0 Å². The van der Waals surface area contributed by atoms with E-state index in [4.69, 9.17) is 9.15 Å². The second-order valence-electron chi connectivity index (χ2n) is 7.04. The van der Waals surface area contributed by atoms with Crippen LogP contribution in [0.4, 0.5) is 4.79 Å². The van der Waals surface area contributed by atoms with Gasteiger partial charge in [0.1, 0.15) is 11.3 Å². The number of hydrogen-bond donors (Lipinski definition) is 1. The molecule has 2 aromatic rings. The molecule has 1 aromatic carbocycles. The minimum atomic E-state index is -0.104. The van der Waals surface area contributed by atoms with E-state index in [1.54, 1.807) is 11.9 Å². The van der Waals surface area contributed by atoms with Crippen molar-refractivity contribution >= 4 is 17.0 Å². The van der Waals surface area contributed by atoms with Gasteiger partial charge < -0.3 is 19.4 Å². The van der Waals surface area contributed by atoms with E-state index in [-0.39, 0.29) is 12.1 Å². The number of nitrogens with zero attached hydrogens (tertiary/aromatic N) is 2. The van der Waals surface area contributed by atoms with Crippen LogP contribution in [0.15, 0.2) is 34.7 Å². The number of urea groups is 1. The molecule has 2 aliphatic heterocycles. The molecule has 0 spiro atoms. The first kappa shape index (κ1) is 16.4. The molecule has 1 N–H and O–H groups in total. The fraction of sp³-hybridized carbons (Fsp3) is 0.526. The Hall–Kier alpha value is -2.05. The molecule has 0 aliphatic carbocycles. The van der Waals surface area contributed by atoms with E-state index in [2.05, 4.69) is 10.2 Å². The summed E-state index contributed by atoms with van der Waals surface area (Å²) in [5.41, 5.74) is 0.849. The first-order valence-electron chi connectivity index (χ1n) is 9.01. The predicted octanol–water partition coefficient (Wildman–Crippen LogP) is 2.44. The van der Waals surface area contributed by atoms with Gasteiger partial charge in [-0.3, -0.25) is 4.90 Å². The van der Waals surface area contributed by atoms with Crippen LogP contribution < -0.4 is 5.32 Å². The van der Waals surface area contributed by atoms with E-state index in [0.717, 1.165) is 36.4 Å². The van der Waals surface area contributed by atoms with Gasteiger partial charge >= 0.3 is 6.03 Å². The van der Waals surface area contributed by atoms with Crippen molar-refractivity contribution in [2.24, 2.45) is 0 Å². The van der Waals surface area contributed by atoms with Crippen LogP contribution in [-0.4, -0.2) is 61.3 Å². The number of ether oxygens (including phenoxy) is 1. The van der Waals surface area contributed by atoms with Crippen molar-refractivity contribution in [3.63, 3.8) is 0 Å². The molecule has 0 saturated carbocycles. The Morgan fingerprint density at radius 2 is 2.28 bits per heavy atom. The van der Waals surface area contributed by atoms with Crippen molar-refractivity contribution in [1.29, 1.82) is 0 Å². The van der Waals surface area contributed by atoms with Gasteiger partial charge in [0.2, 0.25) is 0 Å². The molecule has 0 radical (unpaired) electrons. The van der Waals surface area contributed by atoms with Crippen LogP contribution in [0.5, 0.6) is 0 Å². The van der Waals surface area contributed by atoms with Crippen molar-refractivity contribution in [2.75, 3.05) is 33.3 Å². The monoisotopic (exact) mass is 343 g/mol. The first-order chi connectivity index (χ1) is 12.2. The molecule has 25 heavy (non-hydrogen) atoms. The molecule has 2 amide bonds. The van der Waals surface area contributed by atoms with E-state index < -0.39 is 0 Å². The highest BCUT2D eigenvalue weighted by molar-refractivity contribution is 5.78. The molecule has 2 saturated heterocycles. The van der Waals surface area contributed by atoms with Crippen molar-refractivity contribution < 1.29 is 13.9 Å². The number of rotatable bonds is 4. The number of benzene rings is 1. The summed E-state index contributed by atoms with van der Waals surface area (Å²) in [7, 11) is 1.78. The number of carbonyl (C=O) groups is 1. The average Bonchev–Trinajstić information content (AvgIpc) is 3.24. The molecule has 2 atom stereocenters. The van der Waals surface area contributed by atoms with Crippen molar-refractivity contribution in [1.82, 2.24) is 15.1 Å². The van der Waals surface area contributed by atoms with Crippen LogP contribution in [0.25, 0.3) is 11.0 Å². The van der Waals surface area contributed by atoms with Gasteiger partial charge in [-0.15, -0.1) is 0 Å². The summed E-state index contributed by atoms with van der Waals surface area (Å²) in [6.07, 6.45) is 2.57. The number of para-hydroxylation sites is 1. The zero-order chi connectivity index (χ0) is 17.2. The van der Waals surface area contributed by atoms with Gasteiger partial charge in [-0.25, -0.2) is 4.79 Å². The standard InChI is InChI=1S/C19H25N3O3/c1-21(11-16-9-14-5-2-3-7-18(14)25-16)19(23)20-10-17-12-22-8-4-6-15(22)13-24-17/h2-3,5,7,9,15,17H,4,6,8,10-13H2,1H3,(H,20,23). The van der Waals surface area contributed by atoms with Gasteiger partial charge in [-0.2, -0.15) is 0 Å². The van der Waals surface area contributed by atoms with Gasteiger partial charge in [0, 0.05) is 31.6 Å². The third-order valence-corrected chi connectivity index (χ3v) is 5.16. The van der Waals surface area contributed by atoms with Gasteiger partial charge in [-0.05, 0) is 31.5 Å². The minimum absolute atomic E-state index is 0.0814. The highest BCUT2D eigenvalue weighted by atomic mass is 16.5. The Balaban J connectivity index is 1.27. The molecule has 2 unspecified atom stereocenters. The van der Waals surface area contributed by atoms with Crippen LogP contribution in [-0.2, 0) is 11.3 Å². The molecule has 4 rings (SSSR count). The molecule has 2 fully saturated rings. The lowest BCUT2D eigenvalue weighted by Crippen LogP contribution is -2.51. The SMILES string of the molecule is CN(Cc1cc2ccccc2o1)C(=O)NCC1CN2CCCC2CO1. The summed E-state index contributed by atoms with van der Waals surface area (Å²) in [5.74, 6) is 0.785. The lowest BCUT2D eigenvalue weighted by atomic mass is 10.2. The fourth-order valence-corrected chi connectivity index (χ4v) is 3.77. The van der Waals surface area contributed by atoms with E-state index in [9.17, 15) is 4.79 Å². The maximum atomic E-state index is 12.3. The summed E-state index contributed by atoms with van der Waals surface area (Å²) < 4.78 is 11.7. The number of carbonyl (C=O) groups excluding carboxylic acids is 1. The summed E-state index contributed by atoms with van der Waals surface area (Å²) in [6.45, 7) is 3.85. The van der Waals surface area contributed by atoms with Crippen molar-refractivity contribution in [3.8, 4) is 0 Å². The third-order valence-electron chi connectivity index (χ3n) is 5.16. The van der Waals surface area contributed by atoms with Crippen LogP contribution in [0.3, 0.4) is 0 Å². The van der Waals surface area contributed by atoms with Gasteiger partial charge in [0.05, 0.1) is 19.3 Å². The largest absolute Gasteiger partial charge is 0.459 e. The zero-order valence-corrected chi connectivity index (χ0v) is 14.6. The van der Waals surface area contributed by atoms with Crippen LogP contribution in [0, 0.1) is 0 Å². The molecule has 3 heterocycles. The molecule has 1 aromatic heterocycles. The maximum absolute atomic E-state index is 12.3. The van der Waals surface area contributed by atoms with Crippen molar-refractivity contribution in [2.45, 2.75) is 31.5 Å². The summed E-state index contributed by atoms with van der Waals surface area (Å²) in [5, 5.41) is 4.04. The highest BCUT2D eigenvalue weighted by Crippen LogP contribution is 2.22. The van der Waals surface area contributed by atoms with Crippen LogP contribution in [0.1, 0.15) is 18.6 Å². The number of furan rings is 1. The number of hydrogen-bond acceptors (Lipinski definition) is 4. The van der Waals surface area contributed by atoms with Crippen molar-refractivity contribution in [3.05, 3.63) is 36.1 Å².